The van der Waals surface area contributed by atoms with Gasteiger partial charge in [0.05, 0.1) is 0 Å². The highest BCUT2D eigenvalue weighted by atomic mass is 16.7. The smallest absolute Gasteiger partial charge is 0.231 e. The summed E-state index contributed by atoms with van der Waals surface area (Å²) < 4.78 is 10.9. The van der Waals surface area contributed by atoms with Crippen LogP contribution in [0.4, 0.5) is 0 Å². The third kappa shape index (κ3) is 2.23. The lowest BCUT2D eigenvalue weighted by molar-refractivity contribution is -0.124. The highest BCUT2D eigenvalue weighted by molar-refractivity contribution is 5.80. The topological polar surface area (TPSA) is 35.5 Å². The van der Waals surface area contributed by atoms with Crippen LogP contribution >= 0.6 is 0 Å². The van der Waals surface area contributed by atoms with Crippen LogP contribution in [0.1, 0.15) is 44.1 Å². The second-order valence-electron chi connectivity index (χ2n) is 6.77. The van der Waals surface area contributed by atoms with Crippen LogP contribution < -0.4 is 9.47 Å². The number of fused-ring (bicyclic) bond motifs is 2. The molecule has 0 aromatic heterocycles. The second kappa shape index (κ2) is 5.45. The first kappa shape index (κ1) is 13.9. The Morgan fingerprint density at radius 1 is 1.09 bits per heavy atom. The van der Waals surface area contributed by atoms with Crippen molar-refractivity contribution in [2.75, 3.05) is 6.79 Å². The van der Waals surface area contributed by atoms with Gasteiger partial charge in [-0.25, -0.2) is 0 Å². The number of ether oxygens (including phenoxy) is 2. The molecule has 1 aliphatic heterocycles. The number of carbonyl (C=O) groups is 1. The number of rotatable bonds is 2. The summed E-state index contributed by atoms with van der Waals surface area (Å²) in [4.78, 5) is 12.4. The minimum atomic E-state index is 0.107. The van der Waals surface area contributed by atoms with Crippen molar-refractivity contribution < 1.29 is 14.3 Å². The predicted octanol–water partition coefficient (Wildman–Crippen LogP) is 4.08. The molecule has 3 nitrogen and oxygen atoms in total. The van der Waals surface area contributed by atoms with Crippen LogP contribution in [0.25, 0.3) is 0 Å². The first-order chi connectivity index (χ1) is 10.7. The Labute approximate surface area is 131 Å². The molecule has 0 amide bonds. The molecule has 116 valence electrons. The van der Waals surface area contributed by atoms with Gasteiger partial charge in [0, 0.05) is 11.8 Å². The number of benzene rings is 1. The number of ketones is 1. The molecule has 3 aliphatic rings. The molecular weight excluding hydrogens is 276 g/mol. The van der Waals surface area contributed by atoms with E-state index in [1.807, 2.05) is 6.07 Å². The zero-order valence-electron chi connectivity index (χ0n) is 13.0. The Kier molecular flexibility index (Phi) is 3.44. The van der Waals surface area contributed by atoms with Gasteiger partial charge in [0.15, 0.2) is 11.5 Å². The Bertz CT molecular complexity index is 619. The molecule has 3 heteroatoms. The van der Waals surface area contributed by atoms with E-state index in [4.69, 9.17) is 9.47 Å². The van der Waals surface area contributed by atoms with Crippen LogP contribution in [0.2, 0.25) is 0 Å². The summed E-state index contributed by atoms with van der Waals surface area (Å²) in [5.41, 5.74) is 1.17. The molecule has 1 fully saturated rings. The molecule has 2 aliphatic carbocycles. The SMILES string of the molecule is CC(=O)C1C(c2ccc3c(c2)OCO3)C=CC2CCCCC21. The van der Waals surface area contributed by atoms with Gasteiger partial charge >= 0.3 is 0 Å². The molecule has 22 heavy (non-hydrogen) atoms. The van der Waals surface area contributed by atoms with Crippen LogP contribution in [0.5, 0.6) is 11.5 Å². The van der Waals surface area contributed by atoms with E-state index in [0.29, 0.717) is 24.4 Å². The maximum atomic E-state index is 12.4. The molecule has 0 radical (unpaired) electrons. The summed E-state index contributed by atoms with van der Waals surface area (Å²) in [6.07, 6.45) is 9.59. The molecule has 0 N–H and O–H groups in total. The summed E-state index contributed by atoms with van der Waals surface area (Å²) in [5, 5.41) is 0. The number of hydrogen-bond donors (Lipinski definition) is 0. The molecule has 1 aromatic rings. The summed E-state index contributed by atoms with van der Waals surface area (Å²) in [6.45, 7) is 2.05. The number of Topliss-reactive ketones (excluding diaryl/α,β-unsaturated/α-hetero) is 1. The highest BCUT2D eigenvalue weighted by Crippen LogP contribution is 2.48. The fourth-order valence-corrected chi connectivity index (χ4v) is 4.51. The summed E-state index contributed by atoms with van der Waals surface area (Å²) in [6, 6.07) is 6.10. The van der Waals surface area contributed by atoms with Crippen LogP contribution in [-0.4, -0.2) is 12.6 Å². The first-order valence-corrected chi connectivity index (χ1v) is 8.32. The van der Waals surface area contributed by atoms with Gasteiger partial charge in [0.25, 0.3) is 0 Å². The van der Waals surface area contributed by atoms with Crippen molar-refractivity contribution in [2.45, 2.75) is 38.5 Å². The normalized spacial score (nSPS) is 32.6. The van der Waals surface area contributed by atoms with E-state index >= 15 is 0 Å². The van der Waals surface area contributed by atoms with Gasteiger partial charge in [-0.1, -0.05) is 31.1 Å². The summed E-state index contributed by atoms with van der Waals surface area (Å²) >= 11 is 0. The van der Waals surface area contributed by atoms with Gasteiger partial charge in [0.1, 0.15) is 5.78 Å². The average molecular weight is 298 g/mol. The maximum absolute atomic E-state index is 12.4. The van der Waals surface area contributed by atoms with Gasteiger partial charge < -0.3 is 9.47 Å². The zero-order valence-corrected chi connectivity index (χ0v) is 13.0. The van der Waals surface area contributed by atoms with Crippen LogP contribution in [0.15, 0.2) is 30.4 Å². The van der Waals surface area contributed by atoms with E-state index in [9.17, 15) is 4.79 Å². The Hall–Kier alpha value is -1.77. The number of carbonyl (C=O) groups excluding carboxylic acids is 1. The van der Waals surface area contributed by atoms with E-state index in [2.05, 4.69) is 24.3 Å². The van der Waals surface area contributed by atoms with Gasteiger partial charge in [-0.05, 0) is 49.3 Å². The molecule has 1 saturated carbocycles. The lowest BCUT2D eigenvalue weighted by Gasteiger charge is -2.41. The van der Waals surface area contributed by atoms with Crippen molar-refractivity contribution in [1.29, 1.82) is 0 Å². The van der Waals surface area contributed by atoms with Crippen LogP contribution in [0.3, 0.4) is 0 Å². The quantitative estimate of drug-likeness (QED) is 0.772. The van der Waals surface area contributed by atoms with Crippen molar-refractivity contribution in [3.8, 4) is 11.5 Å². The van der Waals surface area contributed by atoms with Crippen molar-refractivity contribution >= 4 is 5.78 Å². The standard InChI is InChI=1S/C19H22O3/c1-12(20)19-15-5-3-2-4-13(15)6-8-16(19)14-7-9-17-18(10-14)22-11-21-17/h6-10,13,15-16,19H,2-5,11H2,1H3. The number of allylic oxidation sites excluding steroid dienone is 2. The minimum absolute atomic E-state index is 0.107. The van der Waals surface area contributed by atoms with Gasteiger partial charge in [-0.15, -0.1) is 0 Å². The van der Waals surface area contributed by atoms with Gasteiger partial charge in [-0.2, -0.15) is 0 Å². The predicted molar refractivity (Wildman–Crippen MR) is 84.1 cm³/mol. The lowest BCUT2D eigenvalue weighted by Crippen LogP contribution is -2.36. The molecule has 0 bridgehead atoms. The van der Waals surface area contributed by atoms with Gasteiger partial charge in [-0.3, -0.25) is 4.79 Å². The van der Waals surface area contributed by atoms with E-state index in [1.165, 1.54) is 31.2 Å². The number of hydrogen-bond acceptors (Lipinski definition) is 3. The van der Waals surface area contributed by atoms with Crippen molar-refractivity contribution in [2.24, 2.45) is 17.8 Å². The third-order valence-electron chi connectivity index (χ3n) is 5.54. The van der Waals surface area contributed by atoms with Crippen molar-refractivity contribution in [3.05, 3.63) is 35.9 Å². The molecule has 4 rings (SSSR count). The monoisotopic (exact) mass is 298 g/mol. The Morgan fingerprint density at radius 3 is 2.77 bits per heavy atom. The molecule has 0 spiro atoms. The largest absolute Gasteiger partial charge is 0.454 e. The molecule has 4 unspecified atom stereocenters. The van der Waals surface area contributed by atoms with Crippen LogP contribution in [0, 0.1) is 17.8 Å². The van der Waals surface area contributed by atoms with E-state index in [0.717, 1.165) is 11.5 Å². The van der Waals surface area contributed by atoms with Crippen LogP contribution in [-0.2, 0) is 4.79 Å². The summed E-state index contributed by atoms with van der Waals surface area (Å²) in [5.74, 6) is 3.31. The fourth-order valence-electron chi connectivity index (χ4n) is 4.51. The zero-order chi connectivity index (χ0) is 15.1. The molecule has 4 atom stereocenters. The first-order valence-electron chi connectivity index (χ1n) is 8.32. The lowest BCUT2D eigenvalue weighted by atomic mass is 9.62. The average Bonchev–Trinajstić information content (AvgIpc) is 3.01. The van der Waals surface area contributed by atoms with Crippen molar-refractivity contribution in [1.82, 2.24) is 0 Å². The molecular formula is C19H22O3. The van der Waals surface area contributed by atoms with E-state index in [1.54, 1.807) is 6.92 Å². The fraction of sp³-hybridized carbons (Fsp3) is 0.526. The summed E-state index contributed by atoms with van der Waals surface area (Å²) in [7, 11) is 0. The second-order valence-corrected chi connectivity index (χ2v) is 6.77. The Morgan fingerprint density at radius 2 is 1.91 bits per heavy atom. The molecule has 0 saturated heterocycles. The molecule has 1 aromatic carbocycles. The minimum Gasteiger partial charge on any atom is -0.454 e. The highest BCUT2D eigenvalue weighted by Gasteiger charge is 2.40. The van der Waals surface area contributed by atoms with Gasteiger partial charge in [0.2, 0.25) is 6.79 Å². The van der Waals surface area contributed by atoms with Crippen molar-refractivity contribution in [3.63, 3.8) is 0 Å². The third-order valence-corrected chi connectivity index (χ3v) is 5.54. The molecule has 1 heterocycles. The van der Waals surface area contributed by atoms with E-state index in [-0.39, 0.29) is 11.8 Å². The van der Waals surface area contributed by atoms with E-state index < -0.39 is 0 Å². The maximum Gasteiger partial charge on any atom is 0.231 e. The Balaban J connectivity index is 1.71.